The highest BCUT2D eigenvalue weighted by Gasteiger charge is 2.34. The van der Waals surface area contributed by atoms with Crippen molar-refractivity contribution in [1.82, 2.24) is 9.62 Å². The summed E-state index contributed by atoms with van der Waals surface area (Å²) in [6.45, 7) is 8.96. The van der Waals surface area contributed by atoms with Gasteiger partial charge < -0.3 is 5.32 Å². The first kappa shape index (κ1) is 16.8. The van der Waals surface area contributed by atoms with Crippen molar-refractivity contribution in [2.75, 3.05) is 25.4 Å². The molecule has 1 aromatic rings. The molecule has 1 saturated heterocycles. The third-order valence-electron chi connectivity index (χ3n) is 3.51. The summed E-state index contributed by atoms with van der Waals surface area (Å²) >= 11 is 1.83. The number of nitrogens with zero attached hydrogens (tertiary/aromatic N) is 1. The molecule has 118 valence electrons. The van der Waals surface area contributed by atoms with Crippen LogP contribution in [0.3, 0.4) is 0 Å². The molecule has 1 aromatic carbocycles. The Morgan fingerprint density at radius 2 is 2.14 bits per heavy atom. The minimum Gasteiger partial charge on any atom is -0.313 e. The van der Waals surface area contributed by atoms with Crippen molar-refractivity contribution in [1.29, 1.82) is 0 Å². The van der Waals surface area contributed by atoms with Gasteiger partial charge in [0.15, 0.2) is 0 Å². The Kier molecular flexibility index (Phi) is 5.35. The Labute approximate surface area is 132 Å². The third-order valence-corrected chi connectivity index (χ3v) is 6.64. The number of thioether (sulfide) groups is 1. The van der Waals surface area contributed by atoms with Gasteiger partial charge in [0.2, 0.25) is 10.0 Å². The van der Waals surface area contributed by atoms with Crippen molar-refractivity contribution in [2.45, 2.75) is 37.0 Å². The summed E-state index contributed by atoms with van der Waals surface area (Å²) in [5.74, 6) is 0.851. The lowest BCUT2D eigenvalue weighted by atomic mass is 10.2. The number of benzene rings is 1. The molecule has 21 heavy (non-hydrogen) atoms. The van der Waals surface area contributed by atoms with E-state index in [1.807, 2.05) is 30.8 Å². The van der Waals surface area contributed by atoms with Crippen molar-refractivity contribution in [2.24, 2.45) is 0 Å². The molecule has 0 aliphatic carbocycles. The van der Waals surface area contributed by atoms with Crippen molar-refractivity contribution >= 4 is 21.8 Å². The molecule has 6 heteroatoms. The van der Waals surface area contributed by atoms with E-state index in [9.17, 15) is 8.42 Å². The highest BCUT2D eigenvalue weighted by Crippen LogP contribution is 2.32. The van der Waals surface area contributed by atoms with E-state index < -0.39 is 10.0 Å². The number of rotatable bonds is 5. The van der Waals surface area contributed by atoms with Crippen LogP contribution in [0.1, 0.15) is 26.3 Å². The van der Waals surface area contributed by atoms with Crippen molar-refractivity contribution < 1.29 is 8.42 Å². The van der Waals surface area contributed by atoms with Gasteiger partial charge in [0, 0.05) is 30.1 Å². The van der Waals surface area contributed by atoms with Gasteiger partial charge in [-0.25, -0.2) is 8.42 Å². The molecule has 2 rings (SSSR count). The number of hydrogen-bond acceptors (Lipinski definition) is 4. The molecule has 1 heterocycles. The van der Waals surface area contributed by atoms with Crippen LogP contribution in [0.25, 0.3) is 0 Å². The van der Waals surface area contributed by atoms with E-state index in [1.165, 1.54) is 0 Å². The number of nitrogens with one attached hydrogen (secondary N) is 1. The van der Waals surface area contributed by atoms with Crippen LogP contribution in [-0.2, 0) is 16.6 Å². The molecule has 0 radical (unpaired) electrons. The zero-order valence-electron chi connectivity index (χ0n) is 12.9. The smallest absolute Gasteiger partial charge is 0.243 e. The minimum atomic E-state index is -3.39. The van der Waals surface area contributed by atoms with E-state index in [2.05, 4.69) is 19.2 Å². The number of hydrogen-bond donors (Lipinski definition) is 1. The molecule has 0 spiro atoms. The molecular formula is C15H24N2O2S2. The Hall–Kier alpha value is -0.560. The predicted octanol–water partition coefficient (Wildman–Crippen LogP) is 2.31. The first-order valence-corrected chi connectivity index (χ1v) is 9.71. The molecule has 0 saturated carbocycles. The molecule has 4 nitrogen and oxygen atoms in total. The quantitative estimate of drug-likeness (QED) is 0.901. The summed E-state index contributed by atoms with van der Waals surface area (Å²) in [5, 5.41) is 3.22. The highest BCUT2D eigenvalue weighted by atomic mass is 32.2. The Bertz CT molecular complexity index is 585. The van der Waals surface area contributed by atoms with Crippen molar-refractivity contribution in [3.05, 3.63) is 29.8 Å². The van der Waals surface area contributed by atoms with Crippen LogP contribution < -0.4 is 5.32 Å². The van der Waals surface area contributed by atoms with Gasteiger partial charge in [0.05, 0.1) is 4.90 Å². The molecule has 0 unspecified atom stereocenters. The zero-order chi connectivity index (χ0) is 15.5. The van der Waals surface area contributed by atoms with Gasteiger partial charge in [-0.2, -0.15) is 16.1 Å². The largest absolute Gasteiger partial charge is 0.313 e. The van der Waals surface area contributed by atoms with Gasteiger partial charge in [0.25, 0.3) is 0 Å². The lowest BCUT2D eigenvalue weighted by Gasteiger charge is -2.36. The Morgan fingerprint density at radius 1 is 1.38 bits per heavy atom. The molecule has 1 aliphatic rings. The maximum absolute atomic E-state index is 12.8. The van der Waals surface area contributed by atoms with Gasteiger partial charge >= 0.3 is 0 Å². The first-order valence-electron chi connectivity index (χ1n) is 7.29. The van der Waals surface area contributed by atoms with Crippen molar-refractivity contribution in [3.8, 4) is 0 Å². The van der Waals surface area contributed by atoms with E-state index in [1.54, 1.807) is 16.4 Å². The minimum absolute atomic E-state index is 0.0211. The van der Waals surface area contributed by atoms with Gasteiger partial charge in [-0.15, -0.1) is 0 Å². The lowest BCUT2D eigenvalue weighted by molar-refractivity contribution is 0.387. The molecule has 1 aliphatic heterocycles. The molecule has 1 fully saturated rings. The van der Waals surface area contributed by atoms with Crippen LogP contribution in [0.2, 0.25) is 0 Å². The summed E-state index contributed by atoms with van der Waals surface area (Å²) < 4.78 is 27.2. The Morgan fingerprint density at radius 3 is 2.81 bits per heavy atom. The molecule has 0 amide bonds. The fourth-order valence-corrected chi connectivity index (χ4v) is 5.39. The van der Waals surface area contributed by atoms with Crippen LogP contribution in [0.4, 0.5) is 0 Å². The second-order valence-corrected chi connectivity index (χ2v) is 9.61. The van der Waals surface area contributed by atoms with Gasteiger partial charge in [-0.05, 0) is 38.1 Å². The van der Waals surface area contributed by atoms with Crippen LogP contribution in [0.15, 0.2) is 29.2 Å². The molecule has 0 bridgehead atoms. The van der Waals surface area contributed by atoms with E-state index in [-0.39, 0.29) is 4.75 Å². The van der Waals surface area contributed by atoms with Crippen LogP contribution >= 0.6 is 11.8 Å². The predicted molar refractivity (Wildman–Crippen MR) is 89.1 cm³/mol. The summed E-state index contributed by atoms with van der Waals surface area (Å²) in [6, 6.07) is 7.26. The maximum atomic E-state index is 12.8. The maximum Gasteiger partial charge on any atom is 0.243 e. The van der Waals surface area contributed by atoms with Crippen molar-refractivity contribution in [3.63, 3.8) is 0 Å². The Balaban J connectivity index is 2.23. The van der Waals surface area contributed by atoms with E-state index in [0.29, 0.717) is 24.5 Å². The first-order chi connectivity index (χ1) is 9.85. The zero-order valence-corrected chi connectivity index (χ0v) is 14.6. The second kappa shape index (κ2) is 6.69. The van der Waals surface area contributed by atoms with Gasteiger partial charge in [-0.1, -0.05) is 19.1 Å². The molecule has 0 atom stereocenters. The highest BCUT2D eigenvalue weighted by molar-refractivity contribution is 8.00. The van der Waals surface area contributed by atoms with Gasteiger partial charge in [-0.3, -0.25) is 0 Å². The number of sulfonamides is 1. The normalized spacial score (nSPS) is 19.6. The standard InChI is InChI=1S/C15H24N2O2S2/c1-4-16-11-13-6-5-7-14(10-13)21(18,19)17-8-9-20-15(2,3)12-17/h5-7,10,16H,4,8-9,11-12H2,1-3H3. The average molecular weight is 329 g/mol. The summed E-state index contributed by atoms with van der Waals surface area (Å²) in [7, 11) is -3.39. The van der Waals surface area contributed by atoms with E-state index >= 15 is 0 Å². The summed E-state index contributed by atoms with van der Waals surface area (Å²) in [4.78, 5) is 0.403. The SMILES string of the molecule is CCNCc1cccc(S(=O)(=O)N2CCSC(C)(C)C2)c1. The molecule has 1 N–H and O–H groups in total. The third kappa shape index (κ3) is 4.22. The fourth-order valence-electron chi connectivity index (χ4n) is 2.41. The lowest BCUT2D eigenvalue weighted by Crippen LogP contribution is -2.46. The van der Waals surface area contributed by atoms with Crippen LogP contribution in [0, 0.1) is 0 Å². The topological polar surface area (TPSA) is 49.4 Å². The average Bonchev–Trinajstić information content (AvgIpc) is 2.44. The monoisotopic (exact) mass is 328 g/mol. The molecule has 0 aromatic heterocycles. The van der Waals surface area contributed by atoms with Gasteiger partial charge in [0.1, 0.15) is 0 Å². The van der Waals surface area contributed by atoms with Crippen LogP contribution in [0.5, 0.6) is 0 Å². The molecular weight excluding hydrogens is 304 g/mol. The summed E-state index contributed by atoms with van der Waals surface area (Å²) in [6.07, 6.45) is 0. The second-order valence-electron chi connectivity index (χ2n) is 5.87. The van der Waals surface area contributed by atoms with E-state index in [0.717, 1.165) is 17.9 Å². The summed E-state index contributed by atoms with van der Waals surface area (Å²) in [5.41, 5.74) is 1.00. The van der Waals surface area contributed by atoms with E-state index in [4.69, 9.17) is 0 Å². The van der Waals surface area contributed by atoms with Crippen LogP contribution in [-0.4, -0.2) is 42.9 Å². The fraction of sp³-hybridized carbons (Fsp3) is 0.600.